The number of hydrogen-bond donors (Lipinski definition) is 1. The Labute approximate surface area is 138 Å². The van der Waals surface area contributed by atoms with Gasteiger partial charge in [-0.3, -0.25) is 4.90 Å². The van der Waals surface area contributed by atoms with E-state index in [0.717, 1.165) is 23.7 Å². The summed E-state index contributed by atoms with van der Waals surface area (Å²) >= 11 is 0. The number of likely N-dealkylation sites (tertiary alicyclic amines) is 1. The molecule has 0 bridgehead atoms. The van der Waals surface area contributed by atoms with Crippen LogP contribution < -0.4 is 5.32 Å². The van der Waals surface area contributed by atoms with Gasteiger partial charge in [0.15, 0.2) is 0 Å². The Bertz CT molecular complexity index is 599. The van der Waals surface area contributed by atoms with E-state index in [1.807, 2.05) is 12.1 Å². The molecule has 23 heavy (non-hydrogen) atoms. The number of rotatable bonds is 5. The van der Waals surface area contributed by atoms with E-state index >= 15 is 0 Å². The topological polar surface area (TPSA) is 15.3 Å². The lowest BCUT2D eigenvalue weighted by Gasteiger charge is -2.30. The van der Waals surface area contributed by atoms with Crippen LogP contribution in [0.1, 0.15) is 30.9 Å². The van der Waals surface area contributed by atoms with Crippen molar-refractivity contribution in [3.8, 4) is 0 Å². The number of anilines is 1. The van der Waals surface area contributed by atoms with E-state index < -0.39 is 0 Å². The van der Waals surface area contributed by atoms with Crippen LogP contribution in [0.3, 0.4) is 0 Å². The van der Waals surface area contributed by atoms with E-state index in [9.17, 15) is 4.39 Å². The lowest BCUT2D eigenvalue weighted by Crippen LogP contribution is -2.32. The Morgan fingerprint density at radius 1 is 0.957 bits per heavy atom. The molecule has 1 N–H and O–H groups in total. The molecular weight excluding hydrogens is 287 g/mol. The van der Waals surface area contributed by atoms with Crippen LogP contribution in [0.2, 0.25) is 0 Å². The molecule has 0 aromatic heterocycles. The van der Waals surface area contributed by atoms with Crippen LogP contribution in [-0.4, -0.2) is 18.0 Å². The van der Waals surface area contributed by atoms with E-state index in [4.69, 9.17) is 0 Å². The molecular formula is C20H25FN2. The van der Waals surface area contributed by atoms with Gasteiger partial charge < -0.3 is 5.32 Å². The molecule has 2 aromatic carbocycles. The average Bonchev–Trinajstić information content (AvgIpc) is 2.58. The van der Waals surface area contributed by atoms with Crippen molar-refractivity contribution in [3.05, 3.63) is 65.5 Å². The zero-order chi connectivity index (χ0) is 16.1. The van der Waals surface area contributed by atoms with Gasteiger partial charge in [0.25, 0.3) is 0 Å². The molecule has 1 aliphatic heterocycles. The maximum atomic E-state index is 12.9. The van der Waals surface area contributed by atoms with Gasteiger partial charge in [-0.2, -0.15) is 0 Å². The van der Waals surface area contributed by atoms with Gasteiger partial charge in [-0.1, -0.05) is 31.2 Å². The third kappa shape index (κ3) is 4.80. The minimum absolute atomic E-state index is 0.190. The van der Waals surface area contributed by atoms with Crippen LogP contribution >= 0.6 is 0 Å². The monoisotopic (exact) mass is 312 g/mol. The molecule has 0 radical (unpaired) electrons. The largest absolute Gasteiger partial charge is 0.381 e. The Balaban J connectivity index is 1.49. The van der Waals surface area contributed by atoms with Crippen molar-refractivity contribution >= 4 is 5.69 Å². The van der Waals surface area contributed by atoms with E-state index in [1.165, 1.54) is 43.6 Å². The first-order valence-corrected chi connectivity index (χ1v) is 8.48. The highest BCUT2D eigenvalue weighted by atomic mass is 19.1. The molecule has 1 fully saturated rings. The number of benzene rings is 2. The number of nitrogens with zero attached hydrogens (tertiary/aromatic N) is 1. The van der Waals surface area contributed by atoms with Gasteiger partial charge in [-0.25, -0.2) is 4.39 Å². The highest BCUT2D eigenvalue weighted by Crippen LogP contribution is 2.19. The van der Waals surface area contributed by atoms with Crippen LogP contribution in [0.25, 0.3) is 0 Å². The molecule has 0 saturated carbocycles. The molecule has 0 aliphatic carbocycles. The van der Waals surface area contributed by atoms with Gasteiger partial charge in [-0.05, 0) is 67.2 Å². The van der Waals surface area contributed by atoms with Crippen molar-refractivity contribution in [2.75, 3.05) is 18.4 Å². The smallest absolute Gasteiger partial charge is 0.123 e. The molecule has 122 valence electrons. The Hall–Kier alpha value is -1.87. The lowest BCUT2D eigenvalue weighted by molar-refractivity contribution is 0.185. The molecule has 2 nitrogen and oxygen atoms in total. The SMILES string of the molecule is CC1CCN(Cc2ccc(NCc3ccc(F)cc3)cc2)CC1. The highest BCUT2D eigenvalue weighted by molar-refractivity contribution is 5.45. The summed E-state index contributed by atoms with van der Waals surface area (Å²) in [6.45, 7) is 6.53. The fourth-order valence-corrected chi connectivity index (χ4v) is 3.01. The summed E-state index contributed by atoms with van der Waals surface area (Å²) in [5.41, 5.74) is 3.55. The number of piperidine rings is 1. The van der Waals surface area contributed by atoms with Gasteiger partial charge in [0.1, 0.15) is 5.82 Å². The van der Waals surface area contributed by atoms with Gasteiger partial charge in [0.05, 0.1) is 0 Å². The molecule has 3 heteroatoms. The van der Waals surface area contributed by atoms with E-state index in [-0.39, 0.29) is 5.82 Å². The number of halogens is 1. The average molecular weight is 312 g/mol. The molecule has 0 unspecified atom stereocenters. The fourth-order valence-electron chi connectivity index (χ4n) is 3.01. The quantitative estimate of drug-likeness (QED) is 0.863. The summed E-state index contributed by atoms with van der Waals surface area (Å²) in [7, 11) is 0. The minimum atomic E-state index is -0.190. The van der Waals surface area contributed by atoms with Gasteiger partial charge in [0, 0.05) is 18.8 Å². The first kappa shape index (κ1) is 16.0. The molecule has 0 spiro atoms. The van der Waals surface area contributed by atoms with Crippen molar-refractivity contribution < 1.29 is 4.39 Å². The molecule has 0 amide bonds. The molecule has 0 atom stereocenters. The second kappa shape index (κ2) is 7.60. The normalized spacial score (nSPS) is 16.4. The van der Waals surface area contributed by atoms with Crippen molar-refractivity contribution in [2.45, 2.75) is 32.9 Å². The maximum absolute atomic E-state index is 12.9. The summed E-state index contributed by atoms with van der Waals surface area (Å²) in [4.78, 5) is 2.54. The predicted molar refractivity (Wildman–Crippen MR) is 93.8 cm³/mol. The third-order valence-electron chi connectivity index (χ3n) is 4.65. The van der Waals surface area contributed by atoms with E-state index in [0.29, 0.717) is 6.54 Å². The fraction of sp³-hybridized carbons (Fsp3) is 0.400. The van der Waals surface area contributed by atoms with Crippen LogP contribution in [0.4, 0.5) is 10.1 Å². The first-order valence-electron chi connectivity index (χ1n) is 8.48. The van der Waals surface area contributed by atoms with Crippen LogP contribution in [0.15, 0.2) is 48.5 Å². The van der Waals surface area contributed by atoms with Crippen LogP contribution in [0.5, 0.6) is 0 Å². The zero-order valence-electron chi connectivity index (χ0n) is 13.8. The Morgan fingerprint density at radius 3 is 2.22 bits per heavy atom. The molecule has 1 saturated heterocycles. The number of hydrogen-bond acceptors (Lipinski definition) is 2. The summed E-state index contributed by atoms with van der Waals surface area (Å²) in [6.07, 6.45) is 2.63. The zero-order valence-corrected chi connectivity index (χ0v) is 13.8. The first-order chi connectivity index (χ1) is 11.2. The summed E-state index contributed by atoms with van der Waals surface area (Å²) in [6, 6.07) is 15.3. The lowest BCUT2D eigenvalue weighted by atomic mass is 9.99. The van der Waals surface area contributed by atoms with E-state index in [2.05, 4.69) is 41.4 Å². The second-order valence-electron chi connectivity index (χ2n) is 6.64. The summed E-state index contributed by atoms with van der Waals surface area (Å²) in [5.74, 6) is 0.689. The standard InChI is InChI=1S/C20H25FN2/c1-16-10-12-23(13-11-16)15-18-4-8-20(9-5-18)22-14-17-2-6-19(21)7-3-17/h2-9,16,22H,10-15H2,1H3. The van der Waals surface area contributed by atoms with Crippen LogP contribution in [0, 0.1) is 11.7 Å². The van der Waals surface area contributed by atoms with Crippen molar-refractivity contribution in [3.63, 3.8) is 0 Å². The van der Waals surface area contributed by atoms with Gasteiger partial charge in [-0.15, -0.1) is 0 Å². The maximum Gasteiger partial charge on any atom is 0.123 e. The second-order valence-corrected chi connectivity index (χ2v) is 6.64. The summed E-state index contributed by atoms with van der Waals surface area (Å²) in [5, 5.41) is 3.38. The highest BCUT2D eigenvalue weighted by Gasteiger charge is 2.15. The van der Waals surface area contributed by atoms with Gasteiger partial charge >= 0.3 is 0 Å². The molecule has 1 aliphatic rings. The third-order valence-corrected chi connectivity index (χ3v) is 4.65. The number of nitrogens with one attached hydrogen (secondary N) is 1. The van der Waals surface area contributed by atoms with Crippen LogP contribution in [-0.2, 0) is 13.1 Å². The molecule has 2 aromatic rings. The van der Waals surface area contributed by atoms with Gasteiger partial charge in [0.2, 0.25) is 0 Å². The summed E-state index contributed by atoms with van der Waals surface area (Å²) < 4.78 is 12.9. The van der Waals surface area contributed by atoms with E-state index in [1.54, 1.807) is 0 Å². The van der Waals surface area contributed by atoms with Crippen molar-refractivity contribution in [1.29, 1.82) is 0 Å². The Kier molecular flexibility index (Phi) is 5.29. The minimum Gasteiger partial charge on any atom is -0.381 e. The predicted octanol–water partition coefficient (Wildman–Crippen LogP) is 4.67. The Morgan fingerprint density at radius 2 is 1.57 bits per heavy atom. The molecule has 3 rings (SSSR count). The van der Waals surface area contributed by atoms with Crippen molar-refractivity contribution in [1.82, 2.24) is 4.90 Å². The van der Waals surface area contributed by atoms with Crippen molar-refractivity contribution in [2.24, 2.45) is 5.92 Å². The molecule has 1 heterocycles.